The number of aromatic nitrogens is 1. The highest BCUT2D eigenvalue weighted by molar-refractivity contribution is 5.80. The molecule has 1 aliphatic carbocycles. The summed E-state index contributed by atoms with van der Waals surface area (Å²) < 4.78 is 0. The fraction of sp³-hybridized carbons (Fsp3) is 0.611. The SMILES string of the molecule is Cc1ccc(NCCCNC(=O)N2C[C@@H]3CCC[C@@]3(C(=O)O)C2)nc1. The molecule has 2 atom stereocenters. The second-order valence-electron chi connectivity index (χ2n) is 7.16. The zero-order valence-electron chi connectivity index (χ0n) is 14.6. The van der Waals surface area contributed by atoms with Gasteiger partial charge in [-0.25, -0.2) is 9.78 Å². The molecular formula is C18H26N4O3. The van der Waals surface area contributed by atoms with Crippen molar-refractivity contribution in [2.24, 2.45) is 11.3 Å². The standard InChI is InChI=1S/C18H26N4O3/c1-13-5-6-15(21-10-13)19-8-3-9-20-17(25)22-11-14-4-2-7-18(14,12-22)16(23)24/h5-6,10,14H,2-4,7-9,11-12H2,1H3,(H,19,21)(H,20,25)(H,23,24)/t14-,18+/m0/s1. The van der Waals surface area contributed by atoms with Gasteiger partial charge in [-0.05, 0) is 43.7 Å². The van der Waals surface area contributed by atoms with Crippen molar-refractivity contribution in [1.82, 2.24) is 15.2 Å². The molecule has 1 saturated heterocycles. The third-order valence-electron chi connectivity index (χ3n) is 5.43. The number of carboxylic acid groups (broad SMARTS) is 1. The highest BCUT2D eigenvalue weighted by atomic mass is 16.4. The van der Waals surface area contributed by atoms with Crippen LogP contribution in [0.1, 0.15) is 31.2 Å². The van der Waals surface area contributed by atoms with Crippen LogP contribution in [0.3, 0.4) is 0 Å². The van der Waals surface area contributed by atoms with Crippen LogP contribution in [0.2, 0.25) is 0 Å². The molecular weight excluding hydrogens is 320 g/mol. The second kappa shape index (κ2) is 7.29. The lowest BCUT2D eigenvalue weighted by molar-refractivity contribution is -0.149. The van der Waals surface area contributed by atoms with Crippen LogP contribution in [0.25, 0.3) is 0 Å². The number of aliphatic carboxylic acids is 1. The number of nitrogens with zero attached hydrogens (tertiary/aromatic N) is 2. The van der Waals surface area contributed by atoms with Gasteiger partial charge < -0.3 is 20.6 Å². The molecule has 2 amide bonds. The Labute approximate surface area is 147 Å². The Bertz CT molecular complexity index is 634. The molecule has 1 aromatic heterocycles. The Kier molecular flexibility index (Phi) is 5.11. The van der Waals surface area contributed by atoms with Gasteiger partial charge in [-0.1, -0.05) is 12.5 Å². The molecule has 3 N–H and O–H groups in total. The maximum atomic E-state index is 12.3. The van der Waals surface area contributed by atoms with Gasteiger partial charge in [-0.2, -0.15) is 0 Å². The van der Waals surface area contributed by atoms with E-state index in [-0.39, 0.29) is 11.9 Å². The van der Waals surface area contributed by atoms with E-state index < -0.39 is 11.4 Å². The van der Waals surface area contributed by atoms with E-state index in [1.807, 2.05) is 25.3 Å². The summed E-state index contributed by atoms with van der Waals surface area (Å²) in [7, 11) is 0. The highest BCUT2D eigenvalue weighted by Crippen LogP contribution is 2.48. The highest BCUT2D eigenvalue weighted by Gasteiger charge is 2.55. The van der Waals surface area contributed by atoms with Crippen molar-refractivity contribution in [1.29, 1.82) is 0 Å². The van der Waals surface area contributed by atoms with Crippen molar-refractivity contribution >= 4 is 17.8 Å². The molecule has 1 aliphatic heterocycles. The molecule has 1 saturated carbocycles. The van der Waals surface area contributed by atoms with Crippen LogP contribution in [-0.4, -0.2) is 53.2 Å². The van der Waals surface area contributed by atoms with Crippen LogP contribution >= 0.6 is 0 Å². The lowest BCUT2D eigenvalue weighted by Crippen LogP contribution is -2.42. The van der Waals surface area contributed by atoms with E-state index in [1.54, 1.807) is 4.90 Å². The number of rotatable bonds is 6. The lowest BCUT2D eigenvalue weighted by Gasteiger charge is -2.23. The summed E-state index contributed by atoms with van der Waals surface area (Å²) in [6.07, 6.45) is 5.13. The first-order valence-corrected chi connectivity index (χ1v) is 8.94. The number of aryl methyl sites for hydroxylation is 1. The summed E-state index contributed by atoms with van der Waals surface area (Å²) in [6, 6.07) is 3.78. The van der Waals surface area contributed by atoms with Crippen molar-refractivity contribution < 1.29 is 14.7 Å². The van der Waals surface area contributed by atoms with Crippen molar-refractivity contribution in [3.8, 4) is 0 Å². The van der Waals surface area contributed by atoms with Gasteiger partial charge in [0.05, 0.1) is 5.41 Å². The van der Waals surface area contributed by atoms with Gasteiger partial charge in [0.25, 0.3) is 0 Å². The predicted octanol–water partition coefficient (Wildman–Crippen LogP) is 2.09. The Morgan fingerprint density at radius 1 is 1.40 bits per heavy atom. The molecule has 0 spiro atoms. The number of carbonyl (C=O) groups is 2. The van der Waals surface area contributed by atoms with Crippen LogP contribution in [0.5, 0.6) is 0 Å². The summed E-state index contributed by atoms with van der Waals surface area (Å²) in [5, 5.41) is 15.7. The maximum absolute atomic E-state index is 12.3. The van der Waals surface area contributed by atoms with Gasteiger partial charge >= 0.3 is 12.0 Å². The molecule has 7 heteroatoms. The number of pyridine rings is 1. The minimum absolute atomic E-state index is 0.102. The number of hydrogen-bond donors (Lipinski definition) is 3. The first kappa shape index (κ1) is 17.5. The van der Waals surface area contributed by atoms with Gasteiger partial charge in [0.2, 0.25) is 0 Å². The Hall–Kier alpha value is -2.31. The van der Waals surface area contributed by atoms with E-state index in [0.717, 1.165) is 37.2 Å². The second-order valence-corrected chi connectivity index (χ2v) is 7.16. The van der Waals surface area contributed by atoms with E-state index in [0.29, 0.717) is 26.1 Å². The number of fused-ring (bicyclic) bond motifs is 1. The fourth-order valence-corrected chi connectivity index (χ4v) is 3.98. The molecule has 2 heterocycles. The molecule has 136 valence electrons. The smallest absolute Gasteiger partial charge is 0.317 e. The topological polar surface area (TPSA) is 94.6 Å². The van der Waals surface area contributed by atoms with E-state index in [9.17, 15) is 14.7 Å². The third-order valence-corrected chi connectivity index (χ3v) is 5.43. The first-order valence-electron chi connectivity index (χ1n) is 8.94. The number of carbonyl (C=O) groups excluding carboxylic acids is 1. The molecule has 25 heavy (non-hydrogen) atoms. The summed E-state index contributed by atoms with van der Waals surface area (Å²) in [6.45, 7) is 4.16. The monoisotopic (exact) mass is 346 g/mol. The quantitative estimate of drug-likeness (QED) is 0.686. The van der Waals surface area contributed by atoms with Crippen LogP contribution in [-0.2, 0) is 4.79 Å². The average Bonchev–Trinajstić information content (AvgIpc) is 3.14. The number of carboxylic acids is 1. The minimum Gasteiger partial charge on any atom is -0.481 e. The molecule has 0 aromatic carbocycles. The van der Waals surface area contributed by atoms with Crippen molar-refractivity contribution in [2.75, 3.05) is 31.5 Å². The van der Waals surface area contributed by atoms with E-state index in [2.05, 4.69) is 15.6 Å². The van der Waals surface area contributed by atoms with E-state index in [1.165, 1.54) is 0 Å². The maximum Gasteiger partial charge on any atom is 0.317 e. The van der Waals surface area contributed by atoms with Crippen LogP contribution in [0.4, 0.5) is 10.6 Å². The van der Waals surface area contributed by atoms with Crippen molar-refractivity contribution in [3.63, 3.8) is 0 Å². The van der Waals surface area contributed by atoms with Crippen LogP contribution < -0.4 is 10.6 Å². The Balaban J connectivity index is 1.39. The summed E-state index contributed by atoms with van der Waals surface area (Å²) >= 11 is 0. The Morgan fingerprint density at radius 2 is 2.24 bits per heavy atom. The number of amides is 2. The number of hydrogen-bond acceptors (Lipinski definition) is 4. The number of nitrogens with one attached hydrogen (secondary N) is 2. The van der Waals surface area contributed by atoms with Gasteiger partial charge in [0.15, 0.2) is 0 Å². The fourth-order valence-electron chi connectivity index (χ4n) is 3.98. The zero-order chi connectivity index (χ0) is 17.9. The molecule has 2 fully saturated rings. The molecule has 7 nitrogen and oxygen atoms in total. The molecule has 1 aromatic rings. The molecule has 2 aliphatic rings. The van der Waals surface area contributed by atoms with Gasteiger partial charge in [0, 0.05) is 32.4 Å². The minimum atomic E-state index is -0.750. The van der Waals surface area contributed by atoms with Gasteiger partial charge in [0.1, 0.15) is 5.82 Å². The van der Waals surface area contributed by atoms with Crippen molar-refractivity contribution in [2.45, 2.75) is 32.6 Å². The lowest BCUT2D eigenvalue weighted by atomic mass is 9.81. The summed E-state index contributed by atoms with van der Waals surface area (Å²) in [4.78, 5) is 29.9. The normalized spacial score (nSPS) is 24.8. The molecule has 0 bridgehead atoms. The Morgan fingerprint density at radius 3 is 2.92 bits per heavy atom. The molecule has 3 rings (SSSR count). The largest absolute Gasteiger partial charge is 0.481 e. The number of likely N-dealkylation sites (tertiary alicyclic amines) is 1. The summed E-state index contributed by atoms with van der Waals surface area (Å²) in [5.74, 6) is 0.179. The zero-order valence-corrected chi connectivity index (χ0v) is 14.6. The third kappa shape index (κ3) is 3.70. The van der Waals surface area contributed by atoms with Crippen molar-refractivity contribution in [3.05, 3.63) is 23.9 Å². The summed E-state index contributed by atoms with van der Waals surface area (Å²) in [5.41, 5.74) is 0.406. The van der Waals surface area contributed by atoms with E-state index in [4.69, 9.17) is 0 Å². The van der Waals surface area contributed by atoms with Crippen LogP contribution in [0.15, 0.2) is 18.3 Å². The average molecular weight is 346 g/mol. The van der Waals surface area contributed by atoms with Gasteiger partial charge in [-0.3, -0.25) is 4.79 Å². The van der Waals surface area contributed by atoms with Gasteiger partial charge in [-0.15, -0.1) is 0 Å². The predicted molar refractivity (Wildman–Crippen MR) is 94.5 cm³/mol. The molecule has 0 unspecified atom stereocenters. The van der Waals surface area contributed by atoms with Crippen LogP contribution in [0, 0.1) is 18.3 Å². The molecule has 0 radical (unpaired) electrons. The number of urea groups is 1. The number of anilines is 1. The van der Waals surface area contributed by atoms with E-state index >= 15 is 0 Å². The first-order chi connectivity index (χ1) is 12.0.